The van der Waals surface area contributed by atoms with E-state index in [-0.39, 0.29) is 0 Å². The summed E-state index contributed by atoms with van der Waals surface area (Å²) in [4.78, 5) is 0. The smallest absolute Gasteiger partial charge is 0.0850 e. The molecular weight excluding hydrogens is 224 g/mol. The van der Waals surface area contributed by atoms with E-state index in [2.05, 4.69) is 36.4 Å². The quantitative estimate of drug-likeness (QED) is 0.768. The summed E-state index contributed by atoms with van der Waals surface area (Å²) in [6.07, 6.45) is 3.00. The number of rotatable bonds is 4. The molecular formula is C16H16O2. The van der Waals surface area contributed by atoms with E-state index in [0.29, 0.717) is 12.2 Å². The van der Waals surface area contributed by atoms with Crippen LogP contribution < -0.4 is 0 Å². The van der Waals surface area contributed by atoms with E-state index < -0.39 is 0 Å². The molecule has 0 saturated carbocycles. The average Bonchev–Trinajstić information content (AvgIpc) is 3.25. The monoisotopic (exact) mass is 240 g/mol. The SMILES string of the molecule is c1ccc2cc(CC3CO3)c(CC3CO3)cc2c1. The van der Waals surface area contributed by atoms with E-state index in [1.54, 1.807) is 0 Å². The molecule has 18 heavy (non-hydrogen) atoms. The molecule has 2 atom stereocenters. The molecule has 2 heterocycles. The van der Waals surface area contributed by atoms with Crippen molar-refractivity contribution in [2.75, 3.05) is 13.2 Å². The highest BCUT2D eigenvalue weighted by molar-refractivity contribution is 5.84. The van der Waals surface area contributed by atoms with Crippen molar-refractivity contribution in [3.8, 4) is 0 Å². The predicted octanol–water partition coefficient (Wildman–Crippen LogP) is 2.72. The molecule has 4 rings (SSSR count). The first kappa shape index (κ1) is 10.5. The van der Waals surface area contributed by atoms with Crippen LogP contribution in [-0.4, -0.2) is 25.4 Å². The third-order valence-corrected chi connectivity index (χ3v) is 3.77. The third-order valence-electron chi connectivity index (χ3n) is 3.77. The third kappa shape index (κ3) is 2.14. The molecule has 0 N–H and O–H groups in total. The molecule has 2 fully saturated rings. The van der Waals surface area contributed by atoms with Crippen molar-refractivity contribution in [1.82, 2.24) is 0 Å². The Bertz CT molecular complexity index is 530. The van der Waals surface area contributed by atoms with Gasteiger partial charge in [-0.05, 0) is 21.9 Å². The highest BCUT2D eigenvalue weighted by atomic mass is 16.6. The lowest BCUT2D eigenvalue weighted by Gasteiger charge is -2.10. The number of ether oxygens (including phenoxy) is 2. The van der Waals surface area contributed by atoms with Gasteiger partial charge in [-0.1, -0.05) is 36.4 Å². The molecule has 2 aromatic rings. The Balaban J connectivity index is 1.76. The van der Waals surface area contributed by atoms with Gasteiger partial charge >= 0.3 is 0 Å². The second-order valence-corrected chi connectivity index (χ2v) is 5.29. The average molecular weight is 240 g/mol. The van der Waals surface area contributed by atoms with Crippen LogP contribution in [-0.2, 0) is 22.3 Å². The van der Waals surface area contributed by atoms with Gasteiger partial charge in [0.25, 0.3) is 0 Å². The summed E-state index contributed by atoms with van der Waals surface area (Å²) in [5.41, 5.74) is 2.87. The summed E-state index contributed by atoms with van der Waals surface area (Å²) < 4.78 is 10.7. The highest BCUT2D eigenvalue weighted by Crippen LogP contribution is 2.27. The van der Waals surface area contributed by atoms with E-state index in [1.165, 1.54) is 21.9 Å². The Morgan fingerprint density at radius 1 is 0.833 bits per heavy atom. The van der Waals surface area contributed by atoms with E-state index >= 15 is 0 Å². The molecule has 0 amide bonds. The van der Waals surface area contributed by atoms with E-state index in [4.69, 9.17) is 9.47 Å². The van der Waals surface area contributed by atoms with Gasteiger partial charge in [-0.3, -0.25) is 0 Å². The van der Waals surface area contributed by atoms with Crippen LogP contribution in [0.25, 0.3) is 10.8 Å². The zero-order valence-corrected chi connectivity index (χ0v) is 10.3. The lowest BCUT2D eigenvalue weighted by molar-refractivity contribution is 0.401. The molecule has 0 spiro atoms. The molecule has 2 saturated heterocycles. The minimum Gasteiger partial charge on any atom is -0.373 e. The van der Waals surface area contributed by atoms with Gasteiger partial charge in [-0.25, -0.2) is 0 Å². The Kier molecular flexibility index (Phi) is 2.39. The number of hydrogen-bond donors (Lipinski definition) is 0. The molecule has 0 aromatic heterocycles. The van der Waals surface area contributed by atoms with Gasteiger partial charge < -0.3 is 9.47 Å². The number of benzene rings is 2. The van der Waals surface area contributed by atoms with E-state index in [9.17, 15) is 0 Å². The van der Waals surface area contributed by atoms with Crippen LogP contribution in [0.15, 0.2) is 36.4 Å². The molecule has 2 heteroatoms. The van der Waals surface area contributed by atoms with Gasteiger partial charge in [0, 0.05) is 12.8 Å². The summed E-state index contributed by atoms with van der Waals surface area (Å²) in [6, 6.07) is 13.2. The summed E-state index contributed by atoms with van der Waals surface area (Å²) in [5, 5.41) is 2.65. The minimum absolute atomic E-state index is 0.449. The number of hydrogen-bond acceptors (Lipinski definition) is 2. The topological polar surface area (TPSA) is 25.1 Å². The summed E-state index contributed by atoms with van der Waals surface area (Å²) in [6.45, 7) is 1.85. The van der Waals surface area contributed by atoms with Gasteiger partial charge in [0.15, 0.2) is 0 Å². The van der Waals surface area contributed by atoms with Gasteiger partial charge in [0.2, 0.25) is 0 Å². The van der Waals surface area contributed by atoms with Crippen LogP contribution in [0.3, 0.4) is 0 Å². The van der Waals surface area contributed by atoms with Crippen molar-refractivity contribution in [2.45, 2.75) is 25.0 Å². The number of fused-ring (bicyclic) bond motifs is 1. The normalized spacial score (nSPS) is 25.3. The summed E-state index contributed by atoms with van der Waals surface area (Å²) >= 11 is 0. The van der Waals surface area contributed by atoms with E-state index in [1.807, 2.05) is 0 Å². The molecule has 0 aliphatic carbocycles. The highest BCUT2D eigenvalue weighted by Gasteiger charge is 2.27. The van der Waals surface area contributed by atoms with Gasteiger partial charge in [0.05, 0.1) is 25.4 Å². The maximum Gasteiger partial charge on any atom is 0.0850 e. The fourth-order valence-electron chi connectivity index (χ4n) is 2.58. The first-order valence-electron chi connectivity index (χ1n) is 6.62. The fourth-order valence-corrected chi connectivity index (χ4v) is 2.58. The van der Waals surface area contributed by atoms with Crippen molar-refractivity contribution in [3.63, 3.8) is 0 Å². The second kappa shape index (κ2) is 4.08. The Morgan fingerprint density at radius 2 is 1.28 bits per heavy atom. The molecule has 0 radical (unpaired) electrons. The molecule has 2 unspecified atom stereocenters. The zero-order valence-electron chi connectivity index (χ0n) is 10.3. The second-order valence-electron chi connectivity index (χ2n) is 5.29. The van der Waals surface area contributed by atoms with Gasteiger partial charge in [-0.2, -0.15) is 0 Å². The molecule has 0 bridgehead atoms. The fraction of sp³-hybridized carbons (Fsp3) is 0.375. The van der Waals surface area contributed by atoms with Crippen LogP contribution in [0.4, 0.5) is 0 Å². The lowest BCUT2D eigenvalue weighted by atomic mass is 9.95. The minimum atomic E-state index is 0.449. The van der Waals surface area contributed by atoms with E-state index in [0.717, 1.165) is 26.1 Å². The summed E-state index contributed by atoms with van der Waals surface area (Å²) in [5.74, 6) is 0. The van der Waals surface area contributed by atoms with Gasteiger partial charge in [0.1, 0.15) is 0 Å². The predicted molar refractivity (Wildman–Crippen MR) is 70.8 cm³/mol. The van der Waals surface area contributed by atoms with Crippen LogP contribution in [0.2, 0.25) is 0 Å². The first-order chi connectivity index (χ1) is 8.88. The van der Waals surface area contributed by atoms with Crippen molar-refractivity contribution in [2.24, 2.45) is 0 Å². The molecule has 2 aliphatic rings. The maximum atomic E-state index is 5.37. The summed E-state index contributed by atoms with van der Waals surface area (Å²) in [7, 11) is 0. The lowest BCUT2D eigenvalue weighted by Crippen LogP contribution is -2.02. The van der Waals surface area contributed by atoms with Crippen LogP contribution >= 0.6 is 0 Å². The van der Waals surface area contributed by atoms with Crippen molar-refractivity contribution >= 4 is 10.8 Å². The molecule has 2 aromatic carbocycles. The van der Waals surface area contributed by atoms with Crippen LogP contribution in [0, 0.1) is 0 Å². The zero-order chi connectivity index (χ0) is 11.9. The standard InChI is InChI=1S/C16H16O2/c1-2-4-12-6-14(8-16-10-18-16)13(5-11(12)3-1)7-15-9-17-15/h1-6,15-16H,7-10H2. The number of epoxide rings is 2. The molecule has 92 valence electrons. The molecule has 2 nitrogen and oxygen atoms in total. The van der Waals surface area contributed by atoms with Gasteiger partial charge in [-0.15, -0.1) is 0 Å². The Hall–Kier alpha value is -1.38. The first-order valence-corrected chi connectivity index (χ1v) is 6.62. The Morgan fingerprint density at radius 3 is 1.67 bits per heavy atom. The van der Waals surface area contributed by atoms with Crippen molar-refractivity contribution < 1.29 is 9.47 Å². The largest absolute Gasteiger partial charge is 0.373 e. The molecule has 2 aliphatic heterocycles. The Labute approximate surface area is 107 Å². The van der Waals surface area contributed by atoms with Crippen LogP contribution in [0.5, 0.6) is 0 Å². The van der Waals surface area contributed by atoms with Crippen molar-refractivity contribution in [1.29, 1.82) is 0 Å². The van der Waals surface area contributed by atoms with Crippen LogP contribution in [0.1, 0.15) is 11.1 Å². The maximum absolute atomic E-state index is 5.37. The van der Waals surface area contributed by atoms with Crippen molar-refractivity contribution in [3.05, 3.63) is 47.5 Å².